The number of carbonyl (C=O) groups is 2. The van der Waals surface area contributed by atoms with Crippen molar-refractivity contribution in [1.82, 2.24) is 5.32 Å². The van der Waals surface area contributed by atoms with Crippen LogP contribution in [0.1, 0.15) is 27.7 Å². The van der Waals surface area contributed by atoms with Crippen LogP contribution in [0.2, 0.25) is 0 Å². The van der Waals surface area contributed by atoms with Crippen molar-refractivity contribution in [2.75, 3.05) is 30.0 Å². The van der Waals surface area contributed by atoms with E-state index in [0.717, 1.165) is 28.5 Å². The summed E-state index contributed by atoms with van der Waals surface area (Å²) in [6, 6.07) is -0.207. The monoisotopic (exact) mass is 328 g/mol. The summed E-state index contributed by atoms with van der Waals surface area (Å²) in [7, 11) is 0. The van der Waals surface area contributed by atoms with E-state index < -0.39 is 0 Å². The molecule has 1 fully saturated rings. The van der Waals surface area contributed by atoms with Crippen molar-refractivity contribution in [1.29, 1.82) is 0 Å². The van der Waals surface area contributed by atoms with E-state index in [4.69, 9.17) is 4.74 Å². The smallest absolute Gasteiger partial charge is 0.341 e. The summed E-state index contributed by atoms with van der Waals surface area (Å²) in [5.74, 6) is 1.31. The molecule has 0 spiro atoms. The fourth-order valence-corrected chi connectivity index (χ4v) is 4.08. The number of carbonyl (C=O) groups excluding carboxylic acids is 2. The lowest BCUT2D eigenvalue weighted by molar-refractivity contribution is -0.117. The Morgan fingerprint density at radius 2 is 2.19 bits per heavy atom. The van der Waals surface area contributed by atoms with Crippen LogP contribution < -0.4 is 10.6 Å². The lowest BCUT2D eigenvalue weighted by atomic mass is 10.1. The zero-order valence-corrected chi connectivity index (χ0v) is 14.1. The minimum Gasteiger partial charge on any atom is -0.462 e. The van der Waals surface area contributed by atoms with Gasteiger partial charge in [-0.25, -0.2) is 4.79 Å². The molecular weight excluding hydrogens is 308 g/mol. The Morgan fingerprint density at radius 3 is 2.81 bits per heavy atom. The first-order valence-corrected chi connectivity index (χ1v) is 8.90. The van der Waals surface area contributed by atoms with E-state index >= 15 is 0 Å². The highest BCUT2D eigenvalue weighted by Gasteiger charge is 2.26. The second-order valence-corrected chi connectivity index (χ2v) is 7.15. The van der Waals surface area contributed by atoms with Crippen molar-refractivity contribution in [3.05, 3.63) is 16.0 Å². The molecule has 1 atom stereocenters. The van der Waals surface area contributed by atoms with Crippen molar-refractivity contribution < 1.29 is 14.3 Å². The molecule has 21 heavy (non-hydrogen) atoms. The molecule has 2 N–H and O–H groups in total. The number of esters is 1. The first kappa shape index (κ1) is 16.3. The molecule has 7 heteroatoms. The quantitative estimate of drug-likeness (QED) is 0.829. The molecule has 2 heterocycles. The Hall–Kier alpha value is -1.05. The number of thioether (sulfide) groups is 1. The Bertz CT molecular complexity index is 537. The van der Waals surface area contributed by atoms with Crippen LogP contribution in [-0.4, -0.2) is 42.6 Å². The number of hydrogen-bond acceptors (Lipinski definition) is 6. The van der Waals surface area contributed by atoms with E-state index in [0.29, 0.717) is 17.2 Å². The van der Waals surface area contributed by atoms with Crippen LogP contribution in [0.15, 0.2) is 0 Å². The number of thiophene rings is 1. The van der Waals surface area contributed by atoms with Gasteiger partial charge in [0.15, 0.2) is 0 Å². The van der Waals surface area contributed by atoms with Gasteiger partial charge in [0, 0.05) is 22.9 Å². The minimum atomic E-state index is -0.374. The molecule has 1 unspecified atom stereocenters. The predicted octanol–water partition coefficient (Wildman–Crippen LogP) is 2.19. The molecule has 1 aromatic heterocycles. The van der Waals surface area contributed by atoms with Gasteiger partial charge in [-0.3, -0.25) is 4.79 Å². The maximum Gasteiger partial charge on any atom is 0.341 e. The highest BCUT2D eigenvalue weighted by Crippen LogP contribution is 2.33. The van der Waals surface area contributed by atoms with Crippen LogP contribution in [0, 0.1) is 13.8 Å². The highest BCUT2D eigenvalue weighted by molar-refractivity contribution is 7.99. The van der Waals surface area contributed by atoms with Gasteiger partial charge in [-0.15, -0.1) is 11.3 Å². The van der Waals surface area contributed by atoms with E-state index in [9.17, 15) is 9.59 Å². The molecule has 1 amide bonds. The van der Waals surface area contributed by atoms with Gasteiger partial charge in [0.2, 0.25) is 5.91 Å². The molecule has 1 saturated heterocycles. The third kappa shape index (κ3) is 3.78. The Morgan fingerprint density at radius 1 is 1.43 bits per heavy atom. The summed E-state index contributed by atoms with van der Waals surface area (Å²) in [5.41, 5.74) is 1.36. The highest BCUT2D eigenvalue weighted by atomic mass is 32.2. The van der Waals surface area contributed by atoms with Crippen LogP contribution in [-0.2, 0) is 9.53 Å². The van der Waals surface area contributed by atoms with Crippen molar-refractivity contribution >= 4 is 40.0 Å². The zero-order chi connectivity index (χ0) is 15.4. The third-order valence-corrected chi connectivity index (χ3v) is 5.52. The van der Waals surface area contributed by atoms with Gasteiger partial charge in [-0.05, 0) is 26.3 Å². The molecule has 1 aromatic rings. The summed E-state index contributed by atoms with van der Waals surface area (Å²) >= 11 is 3.18. The average molecular weight is 328 g/mol. The Balaban J connectivity index is 2.17. The summed E-state index contributed by atoms with van der Waals surface area (Å²) in [4.78, 5) is 25.4. The van der Waals surface area contributed by atoms with Crippen molar-refractivity contribution in [2.45, 2.75) is 26.8 Å². The SMILES string of the molecule is CCOC(=O)c1c(NC(=O)C2CSCCN2)sc(C)c1C. The van der Waals surface area contributed by atoms with Crippen LogP contribution in [0.3, 0.4) is 0 Å². The normalized spacial score (nSPS) is 18.3. The van der Waals surface area contributed by atoms with E-state index in [1.165, 1.54) is 11.3 Å². The number of amides is 1. The maximum absolute atomic E-state index is 12.3. The van der Waals surface area contributed by atoms with Gasteiger partial charge < -0.3 is 15.4 Å². The largest absolute Gasteiger partial charge is 0.462 e. The van der Waals surface area contributed by atoms with Crippen LogP contribution in [0.25, 0.3) is 0 Å². The molecule has 1 aliphatic heterocycles. The second kappa shape index (κ2) is 7.29. The van der Waals surface area contributed by atoms with Gasteiger partial charge in [-0.2, -0.15) is 11.8 Å². The zero-order valence-electron chi connectivity index (χ0n) is 12.4. The summed E-state index contributed by atoms with van der Waals surface area (Å²) in [5, 5.41) is 6.66. The van der Waals surface area contributed by atoms with E-state index in [1.54, 1.807) is 18.7 Å². The molecule has 2 rings (SSSR count). The van der Waals surface area contributed by atoms with Crippen molar-refractivity contribution in [2.24, 2.45) is 0 Å². The number of anilines is 1. The number of rotatable bonds is 4. The number of nitrogens with one attached hydrogen (secondary N) is 2. The van der Waals surface area contributed by atoms with Gasteiger partial charge in [0.25, 0.3) is 0 Å². The molecule has 0 radical (unpaired) electrons. The number of hydrogen-bond donors (Lipinski definition) is 2. The molecule has 0 bridgehead atoms. The third-order valence-electron chi connectivity index (χ3n) is 3.34. The summed E-state index contributed by atoms with van der Waals surface area (Å²) in [6.45, 7) is 6.74. The maximum atomic E-state index is 12.3. The molecule has 0 aromatic carbocycles. The van der Waals surface area contributed by atoms with Gasteiger partial charge in [0.05, 0.1) is 18.2 Å². The summed E-state index contributed by atoms with van der Waals surface area (Å²) in [6.07, 6.45) is 0. The van der Waals surface area contributed by atoms with Crippen LogP contribution >= 0.6 is 23.1 Å². The summed E-state index contributed by atoms with van der Waals surface area (Å²) < 4.78 is 5.09. The van der Waals surface area contributed by atoms with Crippen molar-refractivity contribution in [3.8, 4) is 0 Å². The van der Waals surface area contributed by atoms with Crippen LogP contribution in [0.5, 0.6) is 0 Å². The topological polar surface area (TPSA) is 67.4 Å². The lowest BCUT2D eigenvalue weighted by Gasteiger charge is -2.22. The first-order valence-electron chi connectivity index (χ1n) is 6.93. The molecular formula is C14H20N2O3S2. The van der Waals surface area contributed by atoms with E-state index in [1.807, 2.05) is 13.8 Å². The van der Waals surface area contributed by atoms with Gasteiger partial charge in [-0.1, -0.05) is 0 Å². The van der Waals surface area contributed by atoms with E-state index in [2.05, 4.69) is 10.6 Å². The molecule has 116 valence electrons. The predicted molar refractivity (Wildman–Crippen MR) is 87.5 cm³/mol. The van der Waals surface area contributed by atoms with Gasteiger partial charge >= 0.3 is 5.97 Å². The van der Waals surface area contributed by atoms with Crippen LogP contribution in [0.4, 0.5) is 5.00 Å². The van der Waals surface area contributed by atoms with E-state index in [-0.39, 0.29) is 17.9 Å². The standard InChI is InChI=1S/C14H20N2O3S2/c1-4-19-14(18)11-8(2)9(3)21-13(11)16-12(17)10-7-20-6-5-15-10/h10,15H,4-7H2,1-3H3,(H,16,17). The molecule has 0 aliphatic carbocycles. The molecule has 5 nitrogen and oxygen atoms in total. The second-order valence-electron chi connectivity index (χ2n) is 4.78. The average Bonchev–Trinajstić information content (AvgIpc) is 2.75. The Kier molecular flexibility index (Phi) is 5.66. The lowest BCUT2D eigenvalue weighted by Crippen LogP contribution is -2.46. The minimum absolute atomic E-state index is 0.0889. The first-order chi connectivity index (χ1) is 10.0. The Labute approximate surface area is 132 Å². The van der Waals surface area contributed by atoms with Crippen molar-refractivity contribution in [3.63, 3.8) is 0 Å². The fourth-order valence-electron chi connectivity index (χ4n) is 2.10. The molecule has 0 saturated carbocycles. The number of aryl methyl sites for hydroxylation is 1. The fraction of sp³-hybridized carbons (Fsp3) is 0.571. The van der Waals surface area contributed by atoms with Gasteiger partial charge in [0.1, 0.15) is 5.00 Å². The molecule has 1 aliphatic rings. The number of ether oxygens (including phenoxy) is 1.